The summed E-state index contributed by atoms with van der Waals surface area (Å²) in [5.74, 6) is -0.681. The molecule has 6 nitrogen and oxygen atoms in total. The Bertz CT molecular complexity index is 1180. The molecule has 2 heterocycles. The molecule has 30 heavy (non-hydrogen) atoms. The van der Waals surface area contributed by atoms with Gasteiger partial charge in [0.05, 0.1) is 12.0 Å². The Hall–Kier alpha value is -3.45. The van der Waals surface area contributed by atoms with Crippen molar-refractivity contribution >= 4 is 39.1 Å². The molecule has 4 rings (SSSR count). The van der Waals surface area contributed by atoms with Crippen LogP contribution in [0.25, 0.3) is 22.0 Å². The van der Waals surface area contributed by atoms with Crippen LogP contribution < -0.4 is 10.6 Å². The molecule has 0 saturated heterocycles. The molecule has 4 aromatic rings. The van der Waals surface area contributed by atoms with Gasteiger partial charge in [0.1, 0.15) is 6.04 Å². The number of nitrogens with one attached hydrogen (secondary N) is 2. The van der Waals surface area contributed by atoms with Crippen LogP contribution in [0.3, 0.4) is 0 Å². The van der Waals surface area contributed by atoms with E-state index in [0.717, 1.165) is 22.0 Å². The molecular formula is C23H21N3O3S. The van der Waals surface area contributed by atoms with Crippen LogP contribution in [-0.2, 0) is 4.79 Å². The molecule has 2 aromatic carbocycles. The molecule has 0 radical (unpaired) electrons. The number of benzene rings is 2. The van der Waals surface area contributed by atoms with Gasteiger partial charge in [-0.05, 0) is 34.9 Å². The molecule has 2 amide bonds. The third-order valence-corrected chi connectivity index (χ3v) is 5.52. The first-order valence-corrected chi connectivity index (χ1v) is 10.5. The average Bonchev–Trinajstić information content (AvgIpc) is 3.43. The number of furan rings is 1. The van der Waals surface area contributed by atoms with E-state index in [4.69, 9.17) is 4.42 Å². The lowest BCUT2D eigenvalue weighted by molar-refractivity contribution is -0.118. The number of hydrogen-bond donors (Lipinski definition) is 2. The second-order valence-electron chi connectivity index (χ2n) is 7.26. The number of nitrogens with zero attached hydrogens (tertiary/aromatic N) is 1. The minimum atomic E-state index is -0.712. The third-order valence-electron chi connectivity index (χ3n) is 4.76. The van der Waals surface area contributed by atoms with Gasteiger partial charge in [-0.3, -0.25) is 9.59 Å². The maximum absolute atomic E-state index is 12.8. The summed E-state index contributed by atoms with van der Waals surface area (Å²) in [5.41, 5.74) is 1.78. The van der Waals surface area contributed by atoms with Crippen LogP contribution in [0.5, 0.6) is 0 Å². The van der Waals surface area contributed by atoms with Gasteiger partial charge < -0.3 is 15.1 Å². The zero-order chi connectivity index (χ0) is 21.1. The molecule has 0 aliphatic rings. The van der Waals surface area contributed by atoms with E-state index in [2.05, 4.69) is 39.9 Å². The molecule has 2 N–H and O–H groups in total. The summed E-state index contributed by atoms with van der Waals surface area (Å²) in [6.45, 7) is 3.74. The quantitative estimate of drug-likeness (QED) is 0.463. The number of rotatable bonds is 6. The van der Waals surface area contributed by atoms with E-state index >= 15 is 0 Å². The van der Waals surface area contributed by atoms with E-state index in [0.29, 0.717) is 5.13 Å². The minimum Gasteiger partial charge on any atom is -0.459 e. The molecule has 1 atom stereocenters. The van der Waals surface area contributed by atoms with E-state index in [1.165, 1.54) is 17.6 Å². The second kappa shape index (κ2) is 8.51. The number of anilines is 1. The van der Waals surface area contributed by atoms with Crippen LogP contribution in [0.2, 0.25) is 0 Å². The van der Waals surface area contributed by atoms with E-state index in [1.807, 2.05) is 37.4 Å². The van der Waals surface area contributed by atoms with Crippen LogP contribution >= 0.6 is 11.3 Å². The van der Waals surface area contributed by atoms with Gasteiger partial charge >= 0.3 is 0 Å². The zero-order valence-corrected chi connectivity index (χ0v) is 17.4. The number of thiazole rings is 1. The van der Waals surface area contributed by atoms with Crippen LogP contribution in [0.15, 0.2) is 70.7 Å². The third kappa shape index (κ3) is 4.26. The fourth-order valence-electron chi connectivity index (χ4n) is 3.15. The Labute approximate surface area is 177 Å². The van der Waals surface area contributed by atoms with Gasteiger partial charge in [-0.25, -0.2) is 4.98 Å². The maximum atomic E-state index is 12.8. The smallest absolute Gasteiger partial charge is 0.287 e. The van der Waals surface area contributed by atoms with Gasteiger partial charge in [0.2, 0.25) is 5.91 Å². The van der Waals surface area contributed by atoms with E-state index in [9.17, 15) is 9.59 Å². The highest BCUT2D eigenvalue weighted by molar-refractivity contribution is 7.14. The molecule has 0 bridgehead atoms. The molecule has 2 aromatic heterocycles. The van der Waals surface area contributed by atoms with Crippen LogP contribution in [0.1, 0.15) is 24.4 Å². The summed E-state index contributed by atoms with van der Waals surface area (Å²) in [6, 6.07) is 16.8. The number of hydrogen-bond acceptors (Lipinski definition) is 5. The van der Waals surface area contributed by atoms with Crippen molar-refractivity contribution in [1.82, 2.24) is 10.3 Å². The highest BCUT2D eigenvalue weighted by atomic mass is 32.1. The van der Waals surface area contributed by atoms with Gasteiger partial charge in [0.25, 0.3) is 5.91 Å². The Morgan fingerprint density at radius 3 is 2.57 bits per heavy atom. The standard InChI is InChI=1S/C23H21N3O3S/c1-14(2)20(25-21(27)19-8-5-11-29-19)22(28)26-23-24-18(13-30-23)17-10-9-15-6-3-4-7-16(15)12-17/h3-14,20H,1-2H3,(H,25,27)(H,24,26,28)/t20-/m0/s1. The van der Waals surface area contributed by atoms with Gasteiger partial charge in [0.15, 0.2) is 10.9 Å². The number of aromatic nitrogens is 1. The fraction of sp³-hybridized carbons (Fsp3) is 0.174. The van der Waals surface area contributed by atoms with Crippen molar-refractivity contribution < 1.29 is 14.0 Å². The summed E-state index contributed by atoms with van der Waals surface area (Å²) in [6.07, 6.45) is 1.42. The number of amides is 2. The molecule has 0 saturated carbocycles. The Morgan fingerprint density at radius 1 is 1.03 bits per heavy atom. The monoisotopic (exact) mass is 419 g/mol. The average molecular weight is 420 g/mol. The summed E-state index contributed by atoms with van der Waals surface area (Å²) >= 11 is 1.35. The largest absolute Gasteiger partial charge is 0.459 e. The zero-order valence-electron chi connectivity index (χ0n) is 16.6. The molecule has 152 valence electrons. The number of carbonyl (C=O) groups excluding carboxylic acids is 2. The fourth-order valence-corrected chi connectivity index (χ4v) is 3.87. The normalized spacial score (nSPS) is 12.1. The second-order valence-corrected chi connectivity index (χ2v) is 8.12. The van der Waals surface area contributed by atoms with E-state index < -0.39 is 11.9 Å². The molecule has 7 heteroatoms. The van der Waals surface area contributed by atoms with Crippen molar-refractivity contribution in [1.29, 1.82) is 0 Å². The van der Waals surface area contributed by atoms with Crippen LogP contribution in [0.4, 0.5) is 5.13 Å². The topological polar surface area (TPSA) is 84.2 Å². The molecule has 0 fully saturated rings. The highest BCUT2D eigenvalue weighted by Gasteiger charge is 2.26. The maximum Gasteiger partial charge on any atom is 0.287 e. The summed E-state index contributed by atoms with van der Waals surface area (Å²) in [5, 5.41) is 10.2. The number of carbonyl (C=O) groups is 2. The van der Waals surface area contributed by atoms with Crippen molar-refractivity contribution in [3.05, 3.63) is 72.0 Å². The first kappa shape index (κ1) is 19.8. The van der Waals surface area contributed by atoms with Gasteiger partial charge in [-0.15, -0.1) is 11.3 Å². The van der Waals surface area contributed by atoms with Crippen LogP contribution in [0, 0.1) is 5.92 Å². The van der Waals surface area contributed by atoms with E-state index in [1.54, 1.807) is 12.1 Å². The van der Waals surface area contributed by atoms with Crippen LogP contribution in [-0.4, -0.2) is 22.8 Å². The number of fused-ring (bicyclic) bond motifs is 1. The first-order valence-electron chi connectivity index (χ1n) is 9.61. The van der Waals surface area contributed by atoms with Gasteiger partial charge in [-0.2, -0.15) is 0 Å². The van der Waals surface area contributed by atoms with Gasteiger partial charge in [0, 0.05) is 10.9 Å². The van der Waals surface area contributed by atoms with Crippen molar-refractivity contribution in [2.45, 2.75) is 19.9 Å². The molecule has 0 spiro atoms. The SMILES string of the molecule is CC(C)[C@H](NC(=O)c1ccco1)C(=O)Nc1nc(-c2ccc3ccccc3c2)cs1. The highest BCUT2D eigenvalue weighted by Crippen LogP contribution is 2.28. The Kier molecular flexibility index (Phi) is 5.63. The van der Waals surface area contributed by atoms with Crippen molar-refractivity contribution in [3.63, 3.8) is 0 Å². The lowest BCUT2D eigenvalue weighted by atomic mass is 10.0. The summed E-state index contributed by atoms with van der Waals surface area (Å²) in [7, 11) is 0. The Morgan fingerprint density at radius 2 is 1.83 bits per heavy atom. The van der Waals surface area contributed by atoms with Crippen molar-refractivity contribution in [2.24, 2.45) is 5.92 Å². The molecule has 0 aliphatic carbocycles. The van der Waals surface area contributed by atoms with Crippen molar-refractivity contribution in [3.8, 4) is 11.3 Å². The molecule has 0 unspecified atom stereocenters. The molecule has 0 aliphatic heterocycles. The van der Waals surface area contributed by atoms with Gasteiger partial charge in [-0.1, -0.05) is 50.2 Å². The summed E-state index contributed by atoms with van der Waals surface area (Å²) in [4.78, 5) is 29.6. The van der Waals surface area contributed by atoms with Crippen molar-refractivity contribution in [2.75, 3.05) is 5.32 Å². The lowest BCUT2D eigenvalue weighted by Gasteiger charge is -2.20. The summed E-state index contributed by atoms with van der Waals surface area (Å²) < 4.78 is 5.10. The first-order chi connectivity index (χ1) is 14.5. The Balaban J connectivity index is 1.48. The minimum absolute atomic E-state index is 0.108. The molecular weight excluding hydrogens is 398 g/mol. The predicted molar refractivity (Wildman–Crippen MR) is 118 cm³/mol. The van der Waals surface area contributed by atoms with E-state index in [-0.39, 0.29) is 17.6 Å². The predicted octanol–water partition coefficient (Wildman–Crippen LogP) is 4.95. The lowest BCUT2D eigenvalue weighted by Crippen LogP contribution is -2.47.